The number of hydrogen-bond acceptors (Lipinski definition) is 6. The summed E-state index contributed by atoms with van der Waals surface area (Å²) in [6.07, 6.45) is 2.92. The molecular weight excluding hydrogens is 342 g/mol. The lowest BCUT2D eigenvalue weighted by atomic mass is 10.0. The standard InChI is InChI=1S/C21H29N3O3/c1-4-18(17-6-7-19-20(13-17)27-12-11-26-19)22-14-16-5-8-21(23-15-16)24(2)9-10-25-3/h5-8,13,15,18,22H,4,9-12,14H2,1-3H3. The number of anilines is 1. The summed E-state index contributed by atoms with van der Waals surface area (Å²) >= 11 is 0. The van der Waals surface area contributed by atoms with Gasteiger partial charge in [-0.2, -0.15) is 0 Å². The first-order chi connectivity index (χ1) is 13.2. The first-order valence-electron chi connectivity index (χ1n) is 9.49. The molecule has 0 saturated heterocycles. The molecule has 1 aromatic carbocycles. The number of likely N-dealkylation sites (N-methyl/N-ethyl adjacent to an activating group) is 1. The molecule has 27 heavy (non-hydrogen) atoms. The second-order valence-electron chi connectivity index (χ2n) is 6.68. The number of hydrogen-bond donors (Lipinski definition) is 1. The maximum atomic E-state index is 5.71. The van der Waals surface area contributed by atoms with Crippen molar-refractivity contribution in [2.24, 2.45) is 0 Å². The van der Waals surface area contributed by atoms with Crippen molar-refractivity contribution in [2.75, 3.05) is 45.4 Å². The molecule has 0 amide bonds. The molecule has 1 aliphatic heterocycles. The van der Waals surface area contributed by atoms with Crippen LogP contribution < -0.4 is 19.7 Å². The van der Waals surface area contributed by atoms with Gasteiger partial charge in [0.05, 0.1) is 6.61 Å². The molecule has 1 atom stereocenters. The monoisotopic (exact) mass is 371 g/mol. The molecule has 0 fully saturated rings. The van der Waals surface area contributed by atoms with E-state index < -0.39 is 0 Å². The van der Waals surface area contributed by atoms with Crippen molar-refractivity contribution in [3.63, 3.8) is 0 Å². The minimum Gasteiger partial charge on any atom is -0.486 e. The molecule has 0 radical (unpaired) electrons. The highest BCUT2D eigenvalue weighted by atomic mass is 16.6. The lowest BCUT2D eigenvalue weighted by molar-refractivity contribution is 0.171. The van der Waals surface area contributed by atoms with Crippen LogP contribution in [0.2, 0.25) is 0 Å². The van der Waals surface area contributed by atoms with Gasteiger partial charge in [0, 0.05) is 39.5 Å². The van der Waals surface area contributed by atoms with E-state index in [-0.39, 0.29) is 6.04 Å². The average molecular weight is 371 g/mol. The maximum absolute atomic E-state index is 5.71. The molecule has 0 spiro atoms. The largest absolute Gasteiger partial charge is 0.486 e. The summed E-state index contributed by atoms with van der Waals surface area (Å²) in [6.45, 7) is 5.68. The highest BCUT2D eigenvalue weighted by Gasteiger charge is 2.16. The van der Waals surface area contributed by atoms with E-state index >= 15 is 0 Å². The molecule has 1 aromatic heterocycles. The molecule has 0 bridgehead atoms. The lowest BCUT2D eigenvalue weighted by Gasteiger charge is -2.22. The van der Waals surface area contributed by atoms with Gasteiger partial charge in [0.1, 0.15) is 19.0 Å². The molecular formula is C21H29N3O3. The summed E-state index contributed by atoms with van der Waals surface area (Å²) in [5, 5.41) is 3.62. The summed E-state index contributed by atoms with van der Waals surface area (Å²) in [5.74, 6) is 2.62. The smallest absolute Gasteiger partial charge is 0.161 e. The van der Waals surface area contributed by atoms with Crippen LogP contribution in [0.4, 0.5) is 5.82 Å². The Bertz CT molecular complexity index is 721. The Morgan fingerprint density at radius 2 is 2.00 bits per heavy atom. The molecule has 0 aliphatic carbocycles. The van der Waals surface area contributed by atoms with E-state index in [2.05, 4.69) is 46.4 Å². The van der Waals surface area contributed by atoms with Crippen LogP contribution in [0.5, 0.6) is 11.5 Å². The van der Waals surface area contributed by atoms with Crippen LogP contribution in [0.25, 0.3) is 0 Å². The van der Waals surface area contributed by atoms with Crippen LogP contribution in [0, 0.1) is 0 Å². The van der Waals surface area contributed by atoms with Crippen molar-refractivity contribution in [3.8, 4) is 11.5 Å². The number of fused-ring (bicyclic) bond motifs is 1. The zero-order valence-electron chi connectivity index (χ0n) is 16.4. The normalized spacial score (nSPS) is 14.0. The predicted octanol–water partition coefficient (Wildman–Crippen LogP) is 3.18. The Labute approximate surface area is 161 Å². The summed E-state index contributed by atoms with van der Waals surface area (Å²) in [5.41, 5.74) is 2.38. The number of benzene rings is 1. The van der Waals surface area contributed by atoms with Gasteiger partial charge in [-0.15, -0.1) is 0 Å². The van der Waals surface area contributed by atoms with Crippen LogP contribution in [0.3, 0.4) is 0 Å². The highest BCUT2D eigenvalue weighted by molar-refractivity contribution is 5.44. The Morgan fingerprint density at radius 3 is 2.70 bits per heavy atom. The fourth-order valence-electron chi connectivity index (χ4n) is 3.11. The summed E-state index contributed by atoms with van der Waals surface area (Å²) in [4.78, 5) is 6.65. The molecule has 6 nitrogen and oxygen atoms in total. The lowest BCUT2D eigenvalue weighted by Crippen LogP contribution is -2.23. The van der Waals surface area contributed by atoms with E-state index in [1.807, 2.05) is 19.3 Å². The van der Waals surface area contributed by atoms with Crippen LogP contribution in [0.15, 0.2) is 36.5 Å². The van der Waals surface area contributed by atoms with Gasteiger partial charge in [0.2, 0.25) is 0 Å². The van der Waals surface area contributed by atoms with E-state index in [1.165, 1.54) is 5.56 Å². The van der Waals surface area contributed by atoms with Crippen LogP contribution >= 0.6 is 0 Å². The molecule has 0 saturated carbocycles. The topological polar surface area (TPSA) is 55.9 Å². The van der Waals surface area contributed by atoms with Gasteiger partial charge >= 0.3 is 0 Å². The Kier molecular flexibility index (Phi) is 6.90. The highest BCUT2D eigenvalue weighted by Crippen LogP contribution is 2.33. The molecule has 2 heterocycles. The van der Waals surface area contributed by atoms with Gasteiger partial charge in [-0.25, -0.2) is 4.98 Å². The molecule has 2 aromatic rings. The number of nitrogens with one attached hydrogen (secondary N) is 1. The number of pyridine rings is 1. The third-order valence-electron chi connectivity index (χ3n) is 4.76. The van der Waals surface area contributed by atoms with E-state index in [1.54, 1.807) is 7.11 Å². The Morgan fingerprint density at radius 1 is 1.19 bits per heavy atom. The zero-order valence-corrected chi connectivity index (χ0v) is 16.4. The Balaban J connectivity index is 1.59. The van der Waals surface area contributed by atoms with Crippen molar-refractivity contribution in [1.29, 1.82) is 0 Å². The average Bonchev–Trinajstić information content (AvgIpc) is 2.72. The third-order valence-corrected chi connectivity index (χ3v) is 4.76. The number of nitrogens with zero attached hydrogens (tertiary/aromatic N) is 2. The number of methoxy groups -OCH3 is 1. The second-order valence-corrected chi connectivity index (χ2v) is 6.68. The maximum Gasteiger partial charge on any atom is 0.161 e. The van der Waals surface area contributed by atoms with Crippen LogP contribution in [0.1, 0.15) is 30.5 Å². The summed E-state index contributed by atoms with van der Waals surface area (Å²) < 4.78 is 16.4. The van der Waals surface area contributed by atoms with Gasteiger partial charge in [0.25, 0.3) is 0 Å². The van der Waals surface area contributed by atoms with Crippen LogP contribution in [-0.4, -0.2) is 45.5 Å². The molecule has 1 aliphatic rings. The third kappa shape index (κ3) is 5.11. The predicted molar refractivity (Wildman–Crippen MR) is 107 cm³/mol. The van der Waals surface area contributed by atoms with Crippen molar-refractivity contribution in [2.45, 2.75) is 25.9 Å². The van der Waals surface area contributed by atoms with E-state index in [0.717, 1.165) is 42.4 Å². The van der Waals surface area contributed by atoms with E-state index in [0.29, 0.717) is 19.8 Å². The quantitative estimate of drug-likeness (QED) is 0.731. The fraction of sp³-hybridized carbons (Fsp3) is 0.476. The molecule has 6 heteroatoms. The SMILES string of the molecule is CCC(NCc1ccc(N(C)CCOC)nc1)c1ccc2c(c1)OCCO2. The van der Waals surface area contributed by atoms with Gasteiger partial charge in [-0.3, -0.25) is 0 Å². The van der Waals surface area contributed by atoms with Crippen LogP contribution in [-0.2, 0) is 11.3 Å². The minimum atomic E-state index is 0.255. The van der Waals surface area contributed by atoms with Gasteiger partial charge in [-0.1, -0.05) is 19.1 Å². The molecule has 1 N–H and O–H groups in total. The van der Waals surface area contributed by atoms with Gasteiger partial charge in [0.15, 0.2) is 11.5 Å². The van der Waals surface area contributed by atoms with Crippen molar-refractivity contribution in [3.05, 3.63) is 47.7 Å². The summed E-state index contributed by atoms with van der Waals surface area (Å²) in [7, 11) is 3.73. The van der Waals surface area contributed by atoms with Gasteiger partial charge < -0.3 is 24.4 Å². The Hall–Kier alpha value is -2.31. The van der Waals surface area contributed by atoms with Crippen molar-refractivity contribution in [1.82, 2.24) is 10.3 Å². The molecule has 1 unspecified atom stereocenters. The van der Waals surface area contributed by atoms with E-state index in [4.69, 9.17) is 14.2 Å². The van der Waals surface area contributed by atoms with Gasteiger partial charge in [-0.05, 0) is 35.7 Å². The number of rotatable bonds is 9. The summed E-state index contributed by atoms with van der Waals surface area (Å²) in [6, 6.07) is 10.6. The van der Waals surface area contributed by atoms with Crippen molar-refractivity contribution >= 4 is 5.82 Å². The first kappa shape index (κ1) is 19.5. The van der Waals surface area contributed by atoms with Crippen molar-refractivity contribution < 1.29 is 14.2 Å². The first-order valence-corrected chi connectivity index (χ1v) is 9.49. The number of ether oxygens (including phenoxy) is 3. The second kappa shape index (κ2) is 9.58. The molecule has 3 rings (SSSR count). The van der Waals surface area contributed by atoms with E-state index in [9.17, 15) is 0 Å². The minimum absolute atomic E-state index is 0.255. The zero-order chi connectivity index (χ0) is 19.1. The number of aromatic nitrogens is 1. The molecule has 146 valence electrons. The fourth-order valence-corrected chi connectivity index (χ4v) is 3.11.